The lowest BCUT2D eigenvalue weighted by atomic mass is 10.2. The van der Waals surface area contributed by atoms with Crippen molar-refractivity contribution >= 4 is 27.5 Å². The summed E-state index contributed by atoms with van der Waals surface area (Å²) in [7, 11) is 0. The zero-order chi connectivity index (χ0) is 14.7. The smallest absolute Gasteiger partial charge is 0.135 e. The van der Waals surface area contributed by atoms with Gasteiger partial charge >= 0.3 is 0 Å². The minimum atomic E-state index is 0.348. The van der Waals surface area contributed by atoms with E-state index < -0.39 is 0 Å². The van der Waals surface area contributed by atoms with Gasteiger partial charge in [0.15, 0.2) is 0 Å². The molecule has 0 saturated carbocycles. The van der Waals surface area contributed by atoms with Crippen LogP contribution in [0.1, 0.15) is 18.6 Å². The summed E-state index contributed by atoms with van der Waals surface area (Å²) in [5.74, 6) is 1.70. The third-order valence-corrected chi connectivity index (χ3v) is 4.36. The Balaban J connectivity index is 1.60. The Bertz CT molecular complexity index is 608. The van der Waals surface area contributed by atoms with Gasteiger partial charge in [-0.1, -0.05) is 27.5 Å². The highest BCUT2D eigenvalue weighted by atomic mass is 79.9. The molecule has 1 atom stereocenters. The summed E-state index contributed by atoms with van der Waals surface area (Å²) in [6, 6.07) is 9.72. The molecule has 1 aliphatic heterocycles. The lowest BCUT2D eigenvalue weighted by molar-refractivity contribution is 0.109. The lowest BCUT2D eigenvalue weighted by Crippen LogP contribution is -2.25. The molecule has 0 radical (unpaired) electrons. The average molecular weight is 371 g/mol. The number of hydrogen-bond donors (Lipinski definition) is 1. The maximum Gasteiger partial charge on any atom is 0.135 e. The molecule has 3 nitrogen and oxygen atoms in total. The summed E-state index contributed by atoms with van der Waals surface area (Å²) in [4.78, 5) is 0. The SMILES string of the molecule is Clc1cc(Br)ccc1-c1ccc(CNCC2CCCO2)o1. The molecule has 3 rings (SSSR count). The van der Waals surface area contributed by atoms with Gasteiger partial charge in [0.05, 0.1) is 17.7 Å². The molecule has 0 bridgehead atoms. The van der Waals surface area contributed by atoms with Gasteiger partial charge < -0.3 is 14.5 Å². The van der Waals surface area contributed by atoms with E-state index in [0.717, 1.165) is 41.1 Å². The van der Waals surface area contributed by atoms with E-state index in [1.54, 1.807) is 0 Å². The standard InChI is InChI=1S/C16H17BrClNO2/c17-11-3-5-14(15(18)8-11)16-6-4-13(21-16)10-19-9-12-2-1-7-20-12/h3-6,8,12,19H,1-2,7,9-10H2. The van der Waals surface area contributed by atoms with Crippen molar-refractivity contribution in [2.45, 2.75) is 25.5 Å². The number of nitrogens with one attached hydrogen (secondary N) is 1. The van der Waals surface area contributed by atoms with Crippen LogP contribution in [0.4, 0.5) is 0 Å². The number of ether oxygens (including phenoxy) is 1. The second-order valence-electron chi connectivity index (χ2n) is 5.16. The van der Waals surface area contributed by atoms with Gasteiger partial charge in [-0.05, 0) is 43.2 Å². The fourth-order valence-electron chi connectivity index (χ4n) is 2.47. The highest BCUT2D eigenvalue weighted by Crippen LogP contribution is 2.31. The fourth-order valence-corrected chi connectivity index (χ4v) is 3.24. The van der Waals surface area contributed by atoms with E-state index in [0.29, 0.717) is 17.7 Å². The van der Waals surface area contributed by atoms with Crippen LogP contribution in [0.5, 0.6) is 0 Å². The predicted octanol–water partition coefficient (Wildman–Crippen LogP) is 4.63. The average Bonchev–Trinajstić information content (AvgIpc) is 3.10. The molecule has 0 aliphatic carbocycles. The van der Waals surface area contributed by atoms with E-state index in [-0.39, 0.29) is 0 Å². The second-order valence-corrected chi connectivity index (χ2v) is 6.48. The summed E-state index contributed by atoms with van der Waals surface area (Å²) >= 11 is 9.65. The van der Waals surface area contributed by atoms with Crippen LogP contribution >= 0.6 is 27.5 Å². The Hall–Kier alpha value is -0.810. The zero-order valence-electron chi connectivity index (χ0n) is 11.6. The number of hydrogen-bond acceptors (Lipinski definition) is 3. The van der Waals surface area contributed by atoms with Crippen molar-refractivity contribution in [2.24, 2.45) is 0 Å². The zero-order valence-corrected chi connectivity index (χ0v) is 13.9. The van der Waals surface area contributed by atoms with E-state index in [9.17, 15) is 0 Å². The van der Waals surface area contributed by atoms with Crippen LogP contribution in [0, 0.1) is 0 Å². The predicted molar refractivity (Wildman–Crippen MR) is 87.5 cm³/mol. The van der Waals surface area contributed by atoms with Crippen LogP contribution in [-0.4, -0.2) is 19.3 Å². The highest BCUT2D eigenvalue weighted by molar-refractivity contribution is 9.10. The molecule has 1 aromatic heterocycles. The molecule has 0 spiro atoms. The molecule has 112 valence electrons. The molecular formula is C16H17BrClNO2. The summed E-state index contributed by atoms with van der Waals surface area (Å²) in [6.45, 7) is 2.46. The van der Waals surface area contributed by atoms with Crippen molar-refractivity contribution in [1.82, 2.24) is 5.32 Å². The maximum atomic E-state index is 6.24. The van der Waals surface area contributed by atoms with Crippen molar-refractivity contribution in [3.8, 4) is 11.3 Å². The monoisotopic (exact) mass is 369 g/mol. The van der Waals surface area contributed by atoms with Crippen LogP contribution < -0.4 is 5.32 Å². The van der Waals surface area contributed by atoms with Gasteiger partial charge in [0.2, 0.25) is 0 Å². The normalized spacial score (nSPS) is 18.3. The van der Waals surface area contributed by atoms with Gasteiger partial charge in [-0.2, -0.15) is 0 Å². The lowest BCUT2D eigenvalue weighted by Gasteiger charge is -2.09. The number of furan rings is 1. The molecule has 2 aromatic rings. The van der Waals surface area contributed by atoms with Gasteiger partial charge in [0.1, 0.15) is 11.5 Å². The maximum absolute atomic E-state index is 6.24. The van der Waals surface area contributed by atoms with E-state index in [4.69, 9.17) is 20.8 Å². The second kappa shape index (κ2) is 6.97. The van der Waals surface area contributed by atoms with E-state index in [1.165, 1.54) is 6.42 Å². The van der Waals surface area contributed by atoms with E-state index in [1.807, 2.05) is 30.3 Å². The van der Waals surface area contributed by atoms with Gasteiger partial charge in [0, 0.05) is 23.2 Å². The van der Waals surface area contributed by atoms with Gasteiger partial charge in [-0.15, -0.1) is 0 Å². The molecule has 2 heterocycles. The van der Waals surface area contributed by atoms with Gasteiger partial charge in [-0.25, -0.2) is 0 Å². The summed E-state index contributed by atoms with van der Waals surface area (Å²) < 4.78 is 12.4. The Labute approximate surface area is 137 Å². The molecule has 21 heavy (non-hydrogen) atoms. The topological polar surface area (TPSA) is 34.4 Å². The molecule has 1 unspecified atom stereocenters. The highest BCUT2D eigenvalue weighted by Gasteiger charge is 2.15. The third-order valence-electron chi connectivity index (χ3n) is 3.55. The van der Waals surface area contributed by atoms with Crippen LogP contribution in [0.2, 0.25) is 5.02 Å². The van der Waals surface area contributed by atoms with Crippen LogP contribution in [0.25, 0.3) is 11.3 Å². The Morgan fingerprint density at radius 3 is 2.95 bits per heavy atom. The summed E-state index contributed by atoms with van der Waals surface area (Å²) in [6.07, 6.45) is 2.66. The first-order chi connectivity index (χ1) is 10.2. The summed E-state index contributed by atoms with van der Waals surface area (Å²) in [5.41, 5.74) is 0.908. The van der Waals surface area contributed by atoms with Crippen LogP contribution in [-0.2, 0) is 11.3 Å². The fraction of sp³-hybridized carbons (Fsp3) is 0.375. The number of halogens is 2. The molecule has 5 heteroatoms. The van der Waals surface area contributed by atoms with Crippen molar-refractivity contribution in [1.29, 1.82) is 0 Å². The first-order valence-electron chi connectivity index (χ1n) is 7.09. The third kappa shape index (κ3) is 3.89. The quantitative estimate of drug-likeness (QED) is 0.833. The van der Waals surface area contributed by atoms with E-state index in [2.05, 4.69) is 21.2 Å². The van der Waals surface area contributed by atoms with Gasteiger partial charge in [0.25, 0.3) is 0 Å². The number of benzene rings is 1. The molecule has 0 amide bonds. The molecule has 1 aromatic carbocycles. The number of rotatable bonds is 5. The summed E-state index contributed by atoms with van der Waals surface area (Å²) in [5, 5.41) is 4.05. The Kier molecular flexibility index (Phi) is 5.01. The van der Waals surface area contributed by atoms with Crippen molar-refractivity contribution in [3.05, 3.63) is 45.6 Å². The minimum Gasteiger partial charge on any atom is -0.460 e. The molecule has 1 N–H and O–H groups in total. The van der Waals surface area contributed by atoms with Crippen LogP contribution in [0.15, 0.2) is 39.2 Å². The molecule has 1 fully saturated rings. The van der Waals surface area contributed by atoms with Crippen LogP contribution in [0.3, 0.4) is 0 Å². The Morgan fingerprint density at radius 2 is 2.19 bits per heavy atom. The Morgan fingerprint density at radius 1 is 1.29 bits per heavy atom. The van der Waals surface area contributed by atoms with Crippen molar-refractivity contribution in [2.75, 3.05) is 13.2 Å². The van der Waals surface area contributed by atoms with E-state index >= 15 is 0 Å². The van der Waals surface area contributed by atoms with Gasteiger partial charge in [-0.3, -0.25) is 0 Å². The minimum absolute atomic E-state index is 0.348. The molecule has 1 aliphatic rings. The molecule has 1 saturated heterocycles. The molecular weight excluding hydrogens is 354 g/mol. The largest absolute Gasteiger partial charge is 0.460 e. The first kappa shape index (κ1) is 15.1. The first-order valence-corrected chi connectivity index (χ1v) is 8.26. The van der Waals surface area contributed by atoms with Crippen molar-refractivity contribution < 1.29 is 9.15 Å². The van der Waals surface area contributed by atoms with Crippen molar-refractivity contribution in [3.63, 3.8) is 0 Å².